The largest absolute Gasteiger partial charge is 0.481 e. The minimum atomic E-state index is -0.847. The third kappa shape index (κ3) is 4.14. The van der Waals surface area contributed by atoms with Gasteiger partial charge in [0, 0.05) is 6.61 Å². The van der Waals surface area contributed by atoms with E-state index in [4.69, 9.17) is 9.84 Å². The third-order valence-electron chi connectivity index (χ3n) is 2.21. The average Bonchev–Trinajstić information content (AvgIpc) is 2.75. The van der Waals surface area contributed by atoms with Gasteiger partial charge in [-0.3, -0.25) is 4.79 Å². The monoisotopic (exact) mass is 275 g/mol. The first-order chi connectivity index (χ1) is 8.24. The topological polar surface area (TPSA) is 84.3 Å². The van der Waals surface area contributed by atoms with Crippen LogP contribution in [0.4, 0.5) is 5.13 Å². The van der Waals surface area contributed by atoms with Gasteiger partial charge < -0.3 is 15.2 Å². The highest BCUT2D eigenvalue weighted by Crippen LogP contribution is 2.26. The number of thioether (sulfide) groups is 1. The average molecular weight is 275 g/mol. The summed E-state index contributed by atoms with van der Waals surface area (Å²) in [6, 6.07) is 0.286. The Bertz CT molecular complexity index is 379. The first-order valence-corrected chi connectivity index (χ1v) is 7.06. The molecule has 0 saturated carbocycles. The Morgan fingerprint density at radius 3 is 3.24 bits per heavy atom. The van der Waals surface area contributed by atoms with E-state index in [0.717, 1.165) is 24.6 Å². The molecule has 1 aliphatic rings. The van der Waals surface area contributed by atoms with Crippen LogP contribution in [0.5, 0.6) is 0 Å². The fourth-order valence-electron chi connectivity index (χ4n) is 1.48. The van der Waals surface area contributed by atoms with E-state index in [1.165, 1.54) is 23.1 Å². The molecule has 6 nitrogen and oxygen atoms in total. The Hall–Kier alpha value is -0.860. The molecule has 0 bridgehead atoms. The molecule has 1 aromatic rings. The Morgan fingerprint density at radius 1 is 1.65 bits per heavy atom. The normalized spacial score (nSPS) is 20.1. The molecule has 1 fully saturated rings. The molecule has 1 atom stereocenters. The third-order valence-corrected chi connectivity index (χ3v) is 4.19. The highest BCUT2D eigenvalue weighted by molar-refractivity contribution is 8.01. The molecule has 0 aromatic carbocycles. The lowest BCUT2D eigenvalue weighted by Gasteiger charge is -2.22. The van der Waals surface area contributed by atoms with Gasteiger partial charge in [-0.25, -0.2) is 0 Å². The van der Waals surface area contributed by atoms with E-state index in [0.29, 0.717) is 10.9 Å². The number of anilines is 1. The van der Waals surface area contributed by atoms with Crippen molar-refractivity contribution in [1.82, 2.24) is 10.2 Å². The number of carboxylic acid groups (broad SMARTS) is 1. The molecule has 2 N–H and O–H groups in total. The number of nitrogens with one attached hydrogen (secondary N) is 1. The Morgan fingerprint density at radius 2 is 2.53 bits per heavy atom. The van der Waals surface area contributed by atoms with Crippen LogP contribution in [0.2, 0.25) is 0 Å². The fraction of sp³-hybridized carbons (Fsp3) is 0.667. The van der Waals surface area contributed by atoms with Crippen LogP contribution in [0.25, 0.3) is 0 Å². The quantitative estimate of drug-likeness (QED) is 0.784. The molecule has 0 aliphatic carbocycles. The second-order valence-corrected chi connectivity index (χ2v) is 5.81. The van der Waals surface area contributed by atoms with Gasteiger partial charge in [-0.1, -0.05) is 23.1 Å². The van der Waals surface area contributed by atoms with Crippen molar-refractivity contribution in [3.8, 4) is 0 Å². The summed E-state index contributed by atoms with van der Waals surface area (Å²) in [4.78, 5) is 10.4. The molecule has 17 heavy (non-hydrogen) atoms. The summed E-state index contributed by atoms with van der Waals surface area (Å²) in [7, 11) is 0. The summed E-state index contributed by atoms with van der Waals surface area (Å²) in [5.41, 5.74) is 0. The molecule has 0 radical (unpaired) electrons. The highest BCUT2D eigenvalue weighted by atomic mass is 32.2. The fourth-order valence-corrected chi connectivity index (χ4v) is 3.03. The van der Waals surface area contributed by atoms with Crippen LogP contribution in [0.3, 0.4) is 0 Å². The molecule has 1 aromatic heterocycles. The lowest BCUT2D eigenvalue weighted by Crippen LogP contribution is -2.29. The number of carbonyl (C=O) groups is 1. The van der Waals surface area contributed by atoms with Crippen molar-refractivity contribution in [2.75, 3.05) is 24.3 Å². The Kier molecular flexibility index (Phi) is 4.57. The van der Waals surface area contributed by atoms with Crippen molar-refractivity contribution in [2.24, 2.45) is 0 Å². The molecule has 1 saturated heterocycles. The maximum atomic E-state index is 10.4. The zero-order chi connectivity index (χ0) is 12.1. The molecule has 0 spiro atoms. The Balaban J connectivity index is 1.82. The van der Waals surface area contributed by atoms with Gasteiger partial charge in [-0.15, -0.1) is 10.2 Å². The highest BCUT2D eigenvalue weighted by Gasteiger charge is 2.15. The predicted molar refractivity (Wildman–Crippen MR) is 65.7 cm³/mol. The number of nitrogens with zero attached hydrogens (tertiary/aromatic N) is 2. The van der Waals surface area contributed by atoms with Crippen molar-refractivity contribution >= 4 is 34.2 Å². The lowest BCUT2D eigenvalue weighted by atomic mass is 10.1. The lowest BCUT2D eigenvalue weighted by molar-refractivity contribution is -0.133. The molecule has 1 aliphatic heterocycles. The van der Waals surface area contributed by atoms with Crippen molar-refractivity contribution in [3.05, 3.63) is 0 Å². The van der Waals surface area contributed by atoms with E-state index in [1.54, 1.807) is 0 Å². The van der Waals surface area contributed by atoms with Crippen LogP contribution < -0.4 is 5.32 Å². The van der Waals surface area contributed by atoms with Crippen molar-refractivity contribution < 1.29 is 14.6 Å². The van der Waals surface area contributed by atoms with Crippen LogP contribution in [-0.4, -0.2) is 46.3 Å². The minimum Gasteiger partial charge on any atom is -0.481 e. The maximum Gasteiger partial charge on any atom is 0.313 e. The molecular weight excluding hydrogens is 262 g/mol. The van der Waals surface area contributed by atoms with Gasteiger partial charge in [0.25, 0.3) is 0 Å². The van der Waals surface area contributed by atoms with E-state index < -0.39 is 5.97 Å². The zero-order valence-electron chi connectivity index (χ0n) is 9.09. The van der Waals surface area contributed by atoms with Gasteiger partial charge in [0.15, 0.2) is 4.34 Å². The van der Waals surface area contributed by atoms with E-state index in [-0.39, 0.29) is 11.8 Å². The van der Waals surface area contributed by atoms with Crippen molar-refractivity contribution in [2.45, 2.75) is 23.2 Å². The molecule has 2 heterocycles. The van der Waals surface area contributed by atoms with Crippen molar-refractivity contribution in [1.29, 1.82) is 0 Å². The summed E-state index contributed by atoms with van der Waals surface area (Å²) in [6.45, 7) is 1.52. The number of hydrogen-bond acceptors (Lipinski definition) is 7. The van der Waals surface area contributed by atoms with Crippen LogP contribution >= 0.6 is 23.1 Å². The van der Waals surface area contributed by atoms with E-state index >= 15 is 0 Å². The molecule has 0 amide bonds. The molecule has 8 heteroatoms. The van der Waals surface area contributed by atoms with Crippen LogP contribution in [0, 0.1) is 0 Å². The molecular formula is C9H13N3O3S2. The van der Waals surface area contributed by atoms with E-state index in [1.807, 2.05) is 0 Å². The number of carboxylic acids is 1. The van der Waals surface area contributed by atoms with Gasteiger partial charge in [-0.2, -0.15) is 0 Å². The first-order valence-electron chi connectivity index (χ1n) is 5.26. The number of rotatable bonds is 5. The zero-order valence-corrected chi connectivity index (χ0v) is 10.7. The summed E-state index contributed by atoms with van der Waals surface area (Å²) in [6.07, 6.45) is 2.12. The number of hydrogen-bond donors (Lipinski definition) is 2. The summed E-state index contributed by atoms with van der Waals surface area (Å²) < 4.78 is 6.02. The predicted octanol–water partition coefficient (Wildman–Crippen LogP) is 1.31. The second kappa shape index (κ2) is 6.18. The first kappa shape index (κ1) is 12.6. The standard InChI is InChI=1S/C9H13N3O3S2/c13-7(14)5-16-9-12-11-8(17-9)10-6-2-1-3-15-4-6/h6H,1-5H2,(H,10,11)(H,13,14). The maximum absolute atomic E-state index is 10.4. The minimum absolute atomic E-state index is 0.0151. The number of aromatic nitrogens is 2. The number of ether oxygens (including phenoxy) is 1. The summed E-state index contributed by atoms with van der Waals surface area (Å²) in [5, 5.41) is 20.4. The second-order valence-electron chi connectivity index (χ2n) is 3.61. The van der Waals surface area contributed by atoms with Crippen LogP contribution in [0.15, 0.2) is 4.34 Å². The molecule has 2 rings (SSSR count). The van der Waals surface area contributed by atoms with E-state index in [2.05, 4.69) is 15.5 Å². The number of aliphatic carboxylic acids is 1. The van der Waals surface area contributed by atoms with Crippen LogP contribution in [0.1, 0.15) is 12.8 Å². The van der Waals surface area contributed by atoms with Crippen molar-refractivity contribution in [3.63, 3.8) is 0 Å². The summed E-state index contributed by atoms with van der Waals surface area (Å²) >= 11 is 2.56. The van der Waals surface area contributed by atoms with Gasteiger partial charge in [0.05, 0.1) is 18.4 Å². The van der Waals surface area contributed by atoms with Gasteiger partial charge in [0.1, 0.15) is 0 Å². The van der Waals surface area contributed by atoms with Gasteiger partial charge in [-0.05, 0) is 12.8 Å². The Labute approximate surface area is 107 Å². The smallest absolute Gasteiger partial charge is 0.313 e. The van der Waals surface area contributed by atoms with Crippen LogP contribution in [-0.2, 0) is 9.53 Å². The van der Waals surface area contributed by atoms with Gasteiger partial charge >= 0.3 is 5.97 Å². The molecule has 1 unspecified atom stereocenters. The van der Waals surface area contributed by atoms with Gasteiger partial charge in [0.2, 0.25) is 5.13 Å². The SMILES string of the molecule is O=C(O)CSc1nnc(NC2CCCOC2)s1. The van der Waals surface area contributed by atoms with E-state index in [9.17, 15) is 4.79 Å². The summed E-state index contributed by atoms with van der Waals surface area (Å²) in [5.74, 6) is -0.832. The molecule has 94 valence electrons.